The molecule has 34 heavy (non-hydrogen) atoms. The van der Waals surface area contributed by atoms with Crippen molar-refractivity contribution in [2.45, 2.75) is 59.4 Å². The lowest BCUT2D eigenvalue weighted by Crippen LogP contribution is -2.54. The largest absolute Gasteiger partial charge is 0.366 e. The number of rotatable bonds is 3. The number of benzene rings is 2. The number of nitrogens with zero attached hydrogens (tertiary/aromatic N) is 2. The van der Waals surface area contributed by atoms with Crippen LogP contribution >= 0.6 is 15.9 Å². The Bertz CT molecular complexity index is 1250. The van der Waals surface area contributed by atoms with Crippen molar-refractivity contribution in [1.82, 2.24) is 5.32 Å². The number of barbiturate groups is 1. The highest BCUT2D eigenvalue weighted by Crippen LogP contribution is 2.44. The predicted molar refractivity (Wildman–Crippen MR) is 139 cm³/mol. The van der Waals surface area contributed by atoms with Crippen LogP contribution < -0.4 is 15.1 Å². The molecule has 7 heteroatoms. The van der Waals surface area contributed by atoms with Crippen molar-refractivity contribution in [2.75, 3.05) is 16.3 Å². The summed E-state index contributed by atoms with van der Waals surface area (Å²) in [6.07, 6.45) is 2.63. The maximum Gasteiger partial charge on any atom is 0.335 e. The standard InChI is InChI=1S/C27H30BrN3O3/c1-7-30-23-11-15(2)18(12-20(23)17(4)14-27(30,5)6)13-21-24(32)29-26(34)31(25(21)33)22-9-8-19(28)10-16(22)3/h8-13,17H,7,14H2,1-6H3,(H,29,32,34)/b21-13+/t17-/m0/s1. The van der Waals surface area contributed by atoms with Gasteiger partial charge in [-0.2, -0.15) is 0 Å². The highest BCUT2D eigenvalue weighted by Gasteiger charge is 2.38. The zero-order valence-electron chi connectivity index (χ0n) is 20.5. The number of hydrogen-bond acceptors (Lipinski definition) is 4. The average molecular weight is 524 g/mol. The normalized spacial score (nSPS) is 21.1. The van der Waals surface area contributed by atoms with E-state index in [4.69, 9.17) is 0 Å². The molecule has 0 spiro atoms. The Morgan fingerprint density at radius 1 is 1.09 bits per heavy atom. The van der Waals surface area contributed by atoms with Gasteiger partial charge in [-0.05, 0) is 106 Å². The van der Waals surface area contributed by atoms with E-state index in [1.807, 2.05) is 19.9 Å². The second kappa shape index (κ2) is 8.69. The Morgan fingerprint density at radius 2 is 1.79 bits per heavy atom. The molecule has 178 valence electrons. The van der Waals surface area contributed by atoms with Crippen molar-refractivity contribution in [3.05, 3.63) is 62.6 Å². The van der Waals surface area contributed by atoms with Crippen molar-refractivity contribution in [3.63, 3.8) is 0 Å². The van der Waals surface area contributed by atoms with Crippen LogP contribution in [0.25, 0.3) is 6.08 Å². The molecule has 2 aromatic rings. The van der Waals surface area contributed by atoms with Crippen molar-refractivity contribution < 1.29 is 14.4 Å². The summed E-state index contributed by atoms with van der Waals surface area (Å²) in [7, 11) is 0. The van der Waals surface area contributed by atoms with E-state index in [0.717, 1.165) is 39.0 Å². The third-order valence-electron chi connectivity index (χ3n) is 6.89. The van der Waals surface area contributed by atoms with Crippen molar-refractivity contribution in [2.24, 2.45) is 0 Å². The van der Waals surface area contributed by atoms with Crippen LogP contribution in [-0.4, -0.2) is 29.9 Å². The molecule has 1 atom stereocenters. The van der Waals surface area contributed by atoms with Gasteiger partial charge in [-0.15, -0.1) is 0 Å². The molecule has 0 saturated carbocycles. The number of urea groups is 1. The molecular formula is C27H30BrN3O3. The lowest BCUT2D eigenvalue weighted by Gasteiger charge is -2.47. The first-order valence-electron chi connectivity index (χ1n) is 11.5. The monoisotopic (exact) mass is 523 g/mol. The summed E-state index contributed by atoms with van der Waals surface area (Å²) in [6.45, 7) is 13.6. The molecular weight excluding hydrogens is 494 g/mol. The van der Waals surface area contributed by atoms with Crippen LogP contribution in [-0.2, 0) is 9.59 Å². The summed E-state index contributed by atoms with van der Waals surface area (Å²) >= 11 is 3.40. The topological polar surface area (TPSA) is 69.7 Å². The fraction of sp³-hybridized carbons (Fsp3) is 0.370. The van der Waals surface area contributed by atoms with Gasteiger partial charge in [0.2, 0.25) is 0 Å². The van der Waals surface area contributed by atoms with E-state index in [-0.39, 0.29) is 11.1 Å². The Labute approximate surface area is 209 Å². The number of imide groups is 2. The number of hydrogen-bond donors (Lipinski definition) is 1. The second-order valence-electron chi connectivity index (χ2n) is 9.82. The molecule has 2 aliphatic rings. The van der Waals surface area contributed by atoms with Crippen molar-refractivity contribution >= 4 is 51.2 Å². The fourth-order valence-electron chi connectivity index (χ4n) is 5.31. The number of anilines is 2. The van der Waals surface area contributed by atoms with Crippen LogP contribution in [0.4, 0.5) is 16.2 Å². The van der Waals surface area contributed by atoms with E-state index >= 15 is 0 Å². The van der Waals surface area contributed by atoms with Gasteiger partial charge in [0.25, 0.3) is 11.8 Å². The quantitative estimate of drug-likeness (QED) is 0.405. The fourth-order valence-corrected chi connectivity index (χ4v) is 5.78. The minimum Gasteiger partial charge on any atom is -0.366 e. The average Bonchev–Trinajstić information content (AvgIpc) is 2.72. The van der Waals surface area contributed by atoms with Gasteiger partial charge in [-0.25, -0.2) is 9.69 Å². The maximum atomic E-state index is 13.4. The second-order valence-corrected chi connectivity index (χ2v) is 10.7. The SMILES string of the molecule is CCN1c2cc(C)c(/C=C3\C(=O)NC(=O)N(c4ccc(Br)cc4C)C3=O)cc2[C@@H](C)CC1(C)C. The summed E-state index contributed by atoms with van der Waals surface area (Å²) < 4.78 is 0.841. The third kappa shape index (κ3) is 4.06. The first-order valence-corrected chi connectivity index (χ1v) is 12.3. The van der Waals surface area contributed by atoms with Crippen LogP contribution in [0, 0.1) is 13.8 Å². The van der Waals surface area contributed by atoms with Gasteiger partial charge < -0.3 is 4.90 Å². The number of carbonyl (C=O) groups is 3. The van der Waals surface area contributed by atoms with Gasteiger partial charge in [0.15, 0.2) is 0 Å². The van der Waals surface area contributed by atoms with Crippen LogP contribution in [0.5, 0.6) is 0 Å². The van der Waals surface area contributed by atoms with E-state index in [1.165, 1.54) is 11.3 Å². The summed E-state index contributed by atoms with van der Waals surface area (Å²) in [5.74, 6) is -0.965. The molecule has 0 aliphatic carbocycles. The zero-order valence-corrected chi connectivity index (χ0v) is 22.0. The van der Waals surface area contributed by atoms with Crippen molar-refractivity contribution in [1.29, 1.82) is 0 Å². The Hall–Kier alpha value is -2.93. The first kappa shape index (κ1) is 24.2. The lowest BCUT2D eigenvalue weighted by molar-refractivity contribution is -0.122. The highest BCUT2D eigenvalue weighted by atomic mass is 79.9. The number of carbonyl (C=O) groups excluding carboxylic acids is 3. The Kier molecular flexibility index (Phi) is 6.19. The van der Waals surface area contributed by atoms with Gasteiger partial charge in [0.1, 0.15) is 5.57 Å². The third-order valence-corrected chi connectivity index (χ3v) is 7.38. The van der Waals surface area contributed by atoms with Gasteiger partial charge in [0.05, 0.1) is 5.69 Å². The minimum atomic E-state index is -0.742. The van der Waals surface area contributed by atoms with Gasteiger partial charge in [-0.1, -0.05) is 22.9 Å². The number of nitrogens with one attached hydrogen (secondary N) is 1. The first-order chi connectivity index (χ1) is 15.9. The molecule has 2 aliphatic heterocycles. The number of halogens is 1. The van der Waals surface area contributed by atoms with Gasteiger partial charge in [0, 0.05) is 22.2 Å². The summed E-state index contributed by atoms with van der Waals surface area (Å²) in [5, 5.41) is 2.33. The smallest absolute Gasteiger partial charge is 0.335 e. The van der Waals surface area contributed by atoms with Gasteiger partial charge >= 0.3 is 6.03 Å². The van der Waals surface area contributed by atoms with Gasteiger partial charge in [-0.3, -0.25) is 14.9 Å². The zero-order chi connectivity index (χ0) is 24.9. The summed E-state index contributed by atoms with van der Waals surface area (Å²) in [5.41, 5.74) is 5.37. The van der Waals surface area contributed by atoms with Crippen LogP contribution in [0.3, 0.4) is 0 Å². The van der Waals surface area contributed by atoms with E-state index in [1.54, 1.807) is 18.2 Å². The molecule has 1 N–H and O–H groups in total. The van der Waals surface area contributed by atoms with E-state index in [2.05, 4.69) is 66.0 Å². The Morgan fingerprint density at radius 3 is 2.44 bits per heavy atom. The molecule has 6 nitrogen and oxygen atoms in total. The molecule has 2 aromatic carbocycles. The molecule has 4 amide bonds. The Balaban J connectivity index is 1.79. The predicted octanol–water partition coefficient (Wildman–Crippen LogP) is 5.84. The van der Waals surface area contributed by atoms with E-state index in [0.29, 0.717) is 11.6 Å². The number of amides is 4. The van der Waals surface area contributed by atoms with E-state index in [9.17, 15) is 14.4 Å². The summed E-state index contributed by atoms with van der Waals surface area (Å²) in [4.78, 5) is 42.2. The molecule has 0 aromatic heterocycles. The van der Waals surface area contributed by atoms with Crippen molar-refractivity contribution in [3.8, 4) is 0 Å². The molecule has 0 radical (unpaired) electrons. The molecule has 2 heterocycles. The number of fused-ring (bicyclic) bond motifs is 1. The van der Waals surface area contributed by atoms with Crippen LogP contribution in [0.2, 0.25) is 0 Å². The molecule has 0 unspecified atom stereocenters. The maximum absolute atomic E-state index is 13.4. The highest BCUT2D eigenvalue weighted by molar-refractivity contribution is 9.10. The number of aryl methyl sites for hydroxylation is 2. The summed E-state index contributed by atoms with van der Waals surface area (Å²) in [6, 6.07) is 8.78. The minimum absolute atomic E-state index is 0.0518. The molecule has 0 bridgehead atoms. The molecule has 4 rings (SSSR count). The lowest BCUT2D eigenvalue weighted by atomic mass is 9.79. The molecule has 1 saturated heterocycles. The van der Waals surface area contributed by atoms with Crippen LogP contribution in [0.1, 0.15) is 62.3 Å². The van der Waals surface area contributed by atoms with Crippen LogP contribution in [0.15, 0.2) is 40.4 Å². The van der Waals surface area contributed by atoms with E-state index < -0.39 is 17.8 Å². The molecule has 1 fully saturated rings.